The van der Waals surface area contributed by atoms with Crippen LogP contribution in [0, 0.1) is 6.92 Å². The summed E-state index contributed by atoms with van der Waals surface area (Å²) in [6.45, 7) is 3.75. The molecule has 7 heavy (non-hydrogen) atoms. The van der Waals surface area contributed by atoms with Crippen LogP contribution in [0.3, 0.4) is 0 Å². The van der Waals surface area contributed by atoms with Crippen molar-refractivity contribution in [2.45, 2.75) is 18.9 Å². The first-order valence-corrected chi connectivity index (χ1v) is 2.47. The number of aliphatic hydroxyl groups is 1. The molecule has 3 N–H and O–H groups in total. The predicted octanol–water partition coefficient (Wildman–Crippen LogP) is -0.0797. The van der Waals surface area contributed by atoms with E-state index < -0.39 is 0 Å². The molecular formula is C5H12NO. The van der Waals surface area contributed by atoms with Crippen LogP contribution in [-0.2, 0) is 0 Å². The summed E-state index contributed by atoms with van der Waals surface area (Å²) in [5.41, 5.74) is 5.36. The van der Waals surface area contributed by atoms with Crippen molar-refractivity contribution in [1.29, 1.82) is 0 Å². The predicted molar refractivity (Wildman–Crippen MR) is 29.7 cm³/mol. The largest absolute Gasteiger partial charge is 0.396 e. The molecule has 0 rings (SSSR count). The lowest BCUT2D eigenvalue weighted by Crippen LogP contribution is -2.19. The molecule has 0 bridgehead atoms. The number of hydrogen-bond acceptors (Lipinski definition) is 2. The summed E-state index contributed by atoms with van der Waals surface area (Å²) < 4.78 is 0. The van der Waals surface area contributed by atoms with Gasteiger partial charge in [-0.2, -0.15) is 0 Å². The lowest BCUT2D eigenvalue weighted by molar-refractivity contribution is 0.276. The number of rotatable bonds is 3. The molecule has 1 unspecified atom stereocenters. The minimum atomic E-state index is 0.0880. The van der Waals surface area contributed by atoms with Crippen molar-refractivity contribution in [1.82, 2.24) is 0 Å². The van der Waals surface area contributed by atoms with Crippen molar-refractivity contribution in [3.05, 3.63) is 6.92 Å². The summed E-state index contributed by atoms with van der Waals surface area (Å²) in [7, 11) is 0. The summed E-state index contributed by atoms with van der Waals surface area (Å²) in [6.07, 6.45) is 1.38. The zero-order chi connectivity index (χ0) is 5.70. The van der Waals surface area contributed by atoms with Crippen LogP contribution in [0.2, 0.25) is 0 Å². The lowest BCUT2D eigenvalue weighted by atomic mass is 10.2. The second kappa shape index (κ2) is 4.09. The maximum atomic E-state index is 8.26. The normalized spacial score (nSPS) is 14.1. The van der Waals surface area contributed by atoms with Crippen LogP contribution in [0.25, 0.3) is 0 Å². The third-order valence-electron chi connectivity index (χ3n) is 0.871. The van der Waals surface area contributed by atoms with Gasteiger partial charge in [0.2, 0.25) is 0 Å². The molecule has 0 aliphatic rings. The number of aliphatic hydroxyl groups excluding tert-OH is 1. The van der Waals surface area contributed by atoms with Gasteiger partial charge < -0.3 is 10.8 Å². The van der Waals surface area contributed by atoms with Crippen LogP contribution in [0.4, 0.5) is 0 Å². The van der Waals surface area contributed by atoms with E-state index >= 15 is 0 Å². The fourth-order valence-corrected chi connectivity index (χ4v) is 0.310. The minimum Gasteiger partial charge on any atom is -0.396 e. The second-order valence-corrected chi connectivity index (χ2v) is 1.56. The van der Waals surface area contributed by atoms with Gasteiger partial charge in [-0.25, -0.2) is 0 Å². The van der Waals surface area contributed by atoms with Crippen LogP contribution < -0.4 is 5.73 Å². The lowest BCUT2D eigenvalue weighted by Gasteiger charge is -2.02. The molecule has 0 aliphatic carbocycles. The van der Waals surface area contributed by atoms with Crippen LogP contribution in [0.15, 0.2) is 0 Å². The van der Waals surface area contributed by atoms with E-state index in [1.54, 1.807) is 0 Å². The highest BCUT2D eigenvalue weighted by Gasteiger charge is 1.93. The third kappa shape index (κ3) is 3.76. The average Bonchev–Trinajstić information content (AvgIpc) is 1.68. The molecule has 0 heterocycles. The molecule has 0 amide bonds. The zero-order valence-corrected chi connectivity index (χ0v) is 4.43. The highest BCUT2D eigenvalue weighted by atomic mass is 16.3. The van der Waals surface area contributed by atoms with E-state index in [0.29, 0.717) is 12.8 Å². The molecule has 43 valence electrons. The van der Waals surface area contributed by atoms with Crippen molar-refractivity contribution in [2.75, 3.05) is 6.61 Å². The molecule has 2 heteroatoms. The van der Waals surface area contributed by atoms with Gasteiger partial charge in [-0.05, 0) is 12.8 Å². The van der Waals surface area contributed by atoms with Crippen LogP contribution in [0.5, 0.6) is 0 Å². The Hall–Kier alpha value is -0.0800. The van der Waals surface area contributed by atoms with Gasteiger partial charge in [0, 0.05) is 12.6 Å². The van der Waals surface area contributed by atoms with Crippen LogP contribution in [0.1, 0.15) is 12.8 Å². The van der Waals surface area contributed by atoms with E-state index in [9.17, 15) is 0 Å². The Labute approximate surface area is 44.3 Å². The molecule has 0 aliphatic heterocycles. The molecule has 0 aromatic carbocycles. The van der Waals surface area contributed by atoms with Gasteiger partial charge in [0.15, 0.2) is 0 Å². The second-order valence-electron chi connectivity index (χ2n) is 1.56. The summed E-state index contributed by atoms with van der Waals surface area (Å²) in [4.78, 5) is 0. The fourth-order valence-electron chi connectivity index (χ4n) is 0.310. The van der Waals surface area contributed by atoms with E-state index in [-0.39, 0.29) is 12.6 Å². The molecular weight excluding hydrogens is 90.1 g/mol. The summed E-state index contributed by atoms with van der Waals surface area (Å²) in [5, 5.41) is 8.26. The standard InChI is InChI=1S/C5H12NO/c1-2-5(6)3-4-7/h5,7H,1-4,6H2. The Morgan fingerprint density at radius 1 is 1.71 bits per heavy atom. The van der Waals surface area contributed by atoms with Gasteiger partial charge in [0.1, 0.15) is 0 Å². The highest BCUT2D eigenvalue weighted by molar-refractivity contribution is 4.59. The van der Waals surface area contributed by atoms with Crippen LogP contribution in [-0.4, -0.2) is 17.8 Å². The molecule has 1 atom stereocenters. The van der Waals surface area contributed by atoms with Crippen LogP contribution >= 0.6 is 0 Å². The Morgan fingerprint density at radius 2 is 2.29 bits per heavy atom. The first-order valence-electron chi connectivity index (χ1n) is 2.47. The maximum Gasteiger partial charge on any atom is 0.0445 e. The highest BCUT2D eigenvalue weighted by Crippen LogP contribution is 1.88. The smallest absolute Gasteiger partial charge is 0.0445 e. The van der Waals surface area contributed by atoms with Gasteiger partial charge in [0.25, 0.3) is 0 Å². The van der Waals surface area contributed by atoms with Gasteiger partial charge >= 0.3 is 0 Å². The van der Waals surface area contributed by atoms with E-state index in [0.717, 1.165) is 0 Å². The first kappa shape index (κ1) is 6.92. The molecule has 2 nitrogen and oxygen atoms in total. The van der Waals surface area contributed by atoms with Gasteiger partial charge in [-0.15, -0.1) is 0 Å². The maximum absolute atomic E-state index is 8.26. The monoisotopic (exact) mass is 102 g/mol. The van der Waals surface area contributed by atoms with E-state index in [4.69, 9.17) is 10.8 Å². The summed E-state index contributed by atoms with van der Waals surface area (Å²) in [5.74, 6) is 0. The van der Waals surface area contributed by atoms with Gasteiger partial charge in [-0.1, -0.05) is 6.92 Å². The zero-order valence-electron chi connectivity index (χ0n) is 4.43. The Bertz CT molecular complexity index is 39.1. The minimum absolute atomic E-state index is 0.0880. The van der Waals surface area contributed by atoms with Crippen molar-refractivity contribution in [3.8, 4) is 0 Å². The molecule has 0 fully saturated rings. The molecule has 0 saturated heterocycles. The number of nitrogens with two attached hydrogens (primary N) is 1. The molecule has 0 aromatic heterocycles. The average molecular weight is 102 g/mol. The topological polar surface area (TPSA) is 46.2 Å². The van der Waals surface area contributed by atoms with E-state index in [1.165, 1.54) is 0 Å². The Morgan fingerprint density at radius 3 is 2.43 bits per heavy atom. The van der Waals surface area contributed by atoms with Crippen molar-refractivity contribution < 1.29 is 5.11 Å². The van der Waals surface area contributed by atoms with E-state index in [2.05, 4.69) is 6.92 Å². The van der Waals surface area contributed by atoms with Gasteiger partial charge in [-0.3, -0.25) is 0 Å². The Kier molecular flexibility index (Phi) is 4.04. The molecule has 0 aromatic rings. The Balaban J connectivity index is 2.83. The third-order valence-corrected chi connectivity index (χ3v) is 0.871. The van der Waals surface area contributed by atoms with Gasteiger partial charge in [0.05, 0.1) is 0 Å². The summed E-state index contributed by atoms with van der Waals surface area (Å²) >= 11 is 0. The first-order chi connectivity index (χ1) is 3.31. The number of hydrogen-bond donors (Lipinski definition) is 2. The fraction of sp³-hybridized carbons (Fsp3) is 0.800. The van der Waals surface area contributed by atoms with E-state index in [1.807, 2.05) is 0 Å². The molecule has 0 spiro atoms. The quantitative estimate of drug-likeness (QED) is 0.523. The summed E-state index contributed by atoms with van der Waals surface area (Å²) in [6, 6.07) is 0.0880. The molecule has 0 saturated carbocycles. The van der Waals surface area contributed by atoms with Crippen molar-refractivity contribution >= 4 is 0 Å². The van der Waals surface area contributed by atoms with Crippen molar-refractivity contribution in [3.63, 3.8) is 0 Å². The van der Waals surface area contributed by atoms with Crippen molar-refractivity contribution in [2.24, 2.45) is 5.73 Å². The molecule has 1 radical (unpaired) electrons. The SMILES string of the molecule is [CH2]CC(N)CCO.